The zero-order valence-electron chi connectivity index (χ0n) is 20.9. The van der Waals surface area contributed by atoms with Gasteiger partial charge in [0.2, 0.25) is 5.91 Å². The summed E-state index contributed by atoms with van der Waals surface area (Å²) in [5.41, 5.74) is 5.47. The van der Waals surface area contributed by atoms with Gasteiger partial charge in [-0.2, -0.15) is 0 Å². The number of benzene rings is 1. The monoisotopic (exact) mass is 440 g/mol. The standard InChI is InChI=1S/C25H40N6O/c1-17(2)12-22(26-24(32)16-29(6)7)25-28-27-23-8-9-30(10-11-31(23)25)15-21-14-19(4)18(3)13-20(21)5/h13-14,17,22H,8-12,15-16H2,1-7H3,(H,26,32). The van der Waals surface area contributed by atoms with Gasteiger partial charge in [-0.05, 0) is 69.5 Å². The van der Waals surface area contributed by atoms with Crippen LogP contribution in [0.15, 0.2) is 12.1 Å². The number of amides is 1. The van der Waals surface area contributed by atoms with Crippen molar-refractivity contribution in [2.75, 3.05) is 33.7 Å². The second-order valence-electron chi connectivity index (χ2n) is 10.0. The summed E-state index contributed by atoms with van der Waals surface area (Å²) in [6.07, 6.45) is 1.72. The minimum absolute atomic E-state index is 0.0264. The Morgan fingerprint density at radius 2 is 1.78 bits per heavy atom. The topological polar surface area (TPSA) is 66.3 Å². The molecule has 1 atom stereocenters. The average molecular weight is 441 g/mol. The SMILES string of the molecule is Cc1cc(C)c(CN2CCc3nnc(C(CC(C)C)NC(=O)CN(C)C)n3CC2)cc1C. The lowest BCUT2D eigenvalue weighted by Gasteiger charge is -2.23. The molecule has 32 heavy (non-hydrogen) atoms. The predicted molar refractivity (Wildman–Crippen MR) is 129 cm³/mol. The first kappa shape index (κ1) is 24.4. The number of carbonyl (C=O) groups is 1. The first-order valence-electron chi connectivity index (χ1n) is 11.8. The zero-order valence-corrected chi connectivity index (χ0v) is 20.9. The van der Waals surface area contributed by atoms with Gasteiger partial charge in [0.15, 0.2) is 5.82 Å². The van der Waals surface area contributed by atoms with Crippen molar-refractivity contribution < 1.29 is 4.79 Å². The second kappa shape index (κ2) is 10.6. The number of aromatic nitrogens is 3. The maximum absolute atomic E-state index is 12.5. The molecule has 0 spiro atoms. The fourth-order valence-corrected chi connectivity index (χ4v) is 4.46. The van der Waals surface area contributed by atoms with E-state index in [1.54, 1.807) is 0 Å². The Hall–Kier alpha value is -2.25. The summed E-state index contributed by atoms with van der Waals surface area (Å²) in [5.74, 6) is 2.39. The van der Waals surface area contributed by atoms with Crippen LogP contribution < -0.4 is 5.32 Å². The van der Waals surface area contributed by atoms with Crippen molar-refractivity contribution in [3.63, 3.8) is 0 Å². The van der Waals surface area contributed by atoms with Gasteiger partial charge < -0.3 is 14.8 Å². The van der Waals surface area contributed by atoms with Gasteiger partial charge >= 0.3 is 0 Å². The highest BCUT2D eigenvalue weighted by Crippen LogP contribution is 2.23. The van der Waals surface area contributed by atoms with Crippen LogP contribution in [0.25, 0.3) is 0 Å². The van der Waals surface area contributed by atoms with Gasteiger partial charge in [0.25, 0.3) is 0 Å². The van der Waals surface area contributed by atoms with Gasteiger partial charge in [-0.1, -0.05) is 26.0 Å². The highest BCUT2D eigenvalue weighted by Gasteiger charge is 2.26. The lowest BCUT2D eigenvalue weighted by molar-refractivity contribution is -0.122. The summed E-state index contributed by atoms with van der Waals surface area (Å²) >= 11 is 0. The van der Waals surface area contributed by atoms with Gasteiger partial charge in [-0.3, -0.25) is 9.69 Å². The van der Waals surface area contributed by atoms with Gasteiger partial charge in [-0.25, -0.2) is 0 Å². The molecule has 3 rings (SSSR count). The molecule has 7 nitrogen and oxygen atoms in total. The van der Waals surface area contributed by atoms with Crippen LogP contribution in [0.4, 0.5) is 0 Å². The molecule has 0 saturated carbocycles. The maximum atomic E-state index is 12.5. The summed E-state index contributed by atoms with van der Waals surface area (Å²) in [6.45, 7) is 15.0. The molecule has 2 heterocycles. The lowest BCUT2D eigenvalue weighted by atomic mass is 10.0. The Balaban J connectivity index is 1.74. The Labute approximate surface area is 193 Å². The largest absolute Gasteiger partial charge is 0.345 e. The molecule has 2 aromatic rings. The van der Waals surface area contributed by atoms with E-state index in [0.717, 1.165) is 50.7 Å². The first-order valence-corrected chi connectivity index (χ1v) is 11.8. The van der Waals surface area contributed by atoms with Gasteiger partial charge in [0, 0.05) is 32.6 Å². The van der Waals surface area contributed by atoms with Crippen molar-refractivity contribution in [3.8, 4) is 0 Å². The first-order chi connectivity index (χ1) is 15.1. The van der Waals surface area contributed by atoms with Crippen LogP contribution in [-0.2, 0) is 24.3 Å². The van der Waals surface area contributed by atoms with Crippen LogP contribution in [0.1, 0.15) is 60.2 Å². The van der Waals surface area contributed by atoms with E-state index in [0.29, 0.717) is 12.5 Å². The van der Waals surface area contributed by atoms with Crippen LogP contribution in [0.5, 0.6) is 0 Å². The molecule has 1 aromatic heterocycles. The summed E-state index contributed by atoms with van der Waals surface area (Å²) in [4.78, 5) is 16.9. The third kappa shape index (κ3) is 6.17. The normalized spacial score (nSPS) is 15.7. The van der Waals surface area contributed by atoms with Crippen LogP contribution in [0.3, 0.4) is 0 Å². The van der Waals surface area contributed by atoms with E-state index in [1.807, 2.05) is 19.0 Å². The Bertz CT molecular complexity index is 933. The Morgan fingerprint density at radius 1 is 1.06 bits per heavy atom. The van der Waals surface area contributed by atoms with E-state index in [1.165, 1.54) is 22.3 Å². The second-order valence-corrected chi connectivity index (χ2v) is 10.0. The van der Waals surface area contributed by atoms with E-state index in [2.05, 4.69) is 71.7 Å². The fraction of sp³-hybridized carbons (Fsp3) is 0.640. The van der Waals surface area contributed by atoms with Crippen molar-refractivity contribution in [3.05, 3.63) is 46.0 Å². The summed E-state index contributed by atoms with van der Waals surface area (Å²) in [7, 11) is 3.82. The molecule has 1 aromatic carbocycles. The molecule has 1 amide bonds. The molecule has 0 bridgehead atoms. The number of aryl methyl sites for hydroxylation is 3. The number of rotatable bonds is 8. The number of carbonyl (C=O) groups excluding carboxylic acids is 1. The van der Waals surface area contributed by atoms with E-state index in [4.69, 9.17) is 0 Å². The number of fused-ring (bicyclic) bond motifs is 1. The Morgan fingerprint density at radius 3 is 2.47 bits per heavy atom. The molecular formula is C25H40N6O. The molecule has 1 unspecified atom stereocenters. The number of hydrogen-bond donors (Lipinski definition) is 1. The third-order valence-corrected chi connectivity index (χ3v) is 6.31. The molecule has 0 fully saturated rings. The van der Waals surface area contributed by atoms with Gasteiger partial charge in [-0.15, -0.1) is 10.2 Å². The van der Waals surface area contributed by atoms with Crippen molar-refractivity contribution in [1.29, 1.82) is 0 Å². The van der Waals surface area contributed by atoms with Gasteiger partial charge in [0.1, 0.15) is 5.82 Å². The molecule has 0 radical (unpaired) electrons. The summed E-state index contributed by atoms with van der Waals surface area (Å²) in [6, 6.07) is 4.51. The molecule has 1 aliphatic heterocycles. The highest BCUT2D eigenvalue weighted by molar-refractivity contribution is 5.78. The molecule has 1 aliphatic rings. The van der Waals surface area contributed by atoms with Crippen LogP contribution in [-0.4, -0.2) is 64.2 Å². The quantitative estimate of drug-likeness (QED) is 0.684. The maximum Gasteiger partial charge on any atom is 0.234 e. The average Bonchev–Trinajstić information content (AvgIpc) is 2.99. The number of hydrogen-bond acceptors (Lipinski definition) is 5. The van der Waals surface area contributed by atoms with E-state index < -0.39 is 0 Å². The molecular weight excluding hydrogens is 400 g/mol. The summed E-state index contributed by atoms with van der Waals surface area (Å²) in [5, 5.41) is 12.3. The van der Waals surface area contributed by atoms with Crippen molar-refractivity contribution in [2.45, 2.75) is 66.6 Å². The van der Waals surface area contributed by atoms with Crippen molar-refractivity contribution >= 4 is 5.91 Å². The van der Waals surface area contributed by atoms with Crippen LogP contribution in [0.2, 0.25) is 0 Å². The molecule has 7 heteroatoms. The minimum atomic E-state index is -0.114. The van der Waals surface area contributed by atoms with Crippen LogP contribution >= 0.6 is 0 Å². The van der Waals surface area contributed by atoms with E-state index >= 15 is 0 Å². The van der Waals surface area contributed by atoms with Crippen molar-refractivity contribution in [2.24, 2.45) is 5.92 Å². The molecule has 0 saturated heterocycles. The Kier molecular flexibility index (Phi) is 8.06. The molecule has 176 valence electrons. The van der Waals surface area contributed by atoms with Crippen LogP contribution in [0, 0.1) is 26.7 Å². The predicted octanol–water partition coefficient (Wildman–Crippen LogP) is 3.03. The van der Waals surface area contributed by atoms with Gasteiger partial charge in [0.05, 0.1) is 12.6 Å². The van der Waals surface area contributed by atoms with Crippen molar-refractivity contribution in [1.82, 2.24) is 29.9 Å². The number of likely N-dealkylation sites (N-methyl/N-ethyl adjacent to an activating group) is 1. The fourth-order valence-electron chi connectivity index (χ4n) is 4.46. The van der Waals surface area contributed by atoms with E-state index in [-0.39, 0.29) is 11.9 Å². The summed E-state index contributed by atoms with van der Waals surface area (Å²) < 4.78 is 2.25. The number of nitrogens with zero attached hydrogens (tertiary/aromatic N) is 5. The smallest absolute Gasteiger partial charge is 0.234 e. The minimum Gasteiger partial charge on any atom is -0.345 e. The number of nitrogens with one attached hydrogen (secondary N) is 1. The molecule has 1 N–H and O–H groups in total. The highest BCUT2D eigenvalue weighted by atomic mass is 16.2. The zero-order chi connectivity index (χ0) is 23.4. The third-order valence-electron chi connectivity index (χ3n) is 6.31. The molecule has 0 aliphatic carbocycles. The lowest BCUT2D eigenvalue weighted by Crippen LogP contribution is -2.37. The van der Waals surface area contributed by atoms with E-state index in [9.17, 15) is 4.79 Å².